The molecule has 2 aliphatic rings. The molecule has 4 aromatic rings. The van der Waals surface area contributed by atoms with Crippen LogP contribution in [0.2, 0.25) is 0 Å². The second-order valence-electron chi connectivity index (χ2n) is 10.0. The second-order valence-corrected chi connectivity index (χ2v) is 10.0. The predicted octanol–water partition coefficient (Wildman–Crippen LogP) is 6.01. The molecule has 0 bridgehead atoms. The number of carbonyl (C=O) groups is 2. The average Bonchev–Trinajstić information content (AvgIpc) is 3.58. The largest absolute Gasteiger partial charge is 0.493 e. The van der Waals surface area contributed by atoms with Gasteiger partial charge in [0.15, 0.2) is 0 Å². The van der Waals surface area contributed by atoms with E-state index in [-0.39, 0.29) is 30.9 Å². The fourth-order valence-electron chi connectivity index (χ4n) is 5.93. The molecule has 0 saturated carbocycles. The number of nitrogens with zero attached hydrogens (tertiary/aromatic N) is 3. The quantitative estimate of drug-likeness (QED) is 0.306. The zero-order valence-corrected chi connectivity index (χ0v) is 21.2. The third-order valence-corrected chi connectivity index (χ3v) is 7.59. The zero-order chi connectivity index (χ0) is 28.3. The summed E-state index contributed by atoms with van der Waals surface area (Å²) in [7, 11) is 0. The predicted molar refractivity (Wildman–Crippen MR) is 137 cm³/mol. The molecular weight excluding hydrogens is 530 g/mol. The van der Waals surface area contributed by atoms with Gasteiger partial charge in [0.25, 0.3) is 0 Å². The lowest BCUT2D eigenvalue weighted by Gasteiger charge is -2.31. The number of hydrogen-bond donors (Lipinski definition) is 1. The zero-order valence-electron chi connectivity index (χ0n) is 21.2. The van der Waals surface area contributed by atoms with Crippen LogP contribution in [0.5, 0.6) is 5.75 Å². The summed E-state index contributed by atoms with van der Waals surface area (Å²) in [4.78, 5) is 29.3. The third-order valence-electron chi connectivity index (χ3n) is 7.59. The number of carbonyl (C=O) groups excluding carboxylic acids is 1. The molecule has 1 aliphatic carbocycles. The number of aryl methyl sites for hydroxylation is 1. The highest BCUT2D eigenvalue weighted by Crippen LogP contribution is 2.45. The Morgan fingerprint density at radius 1 is 1.12 bits per heavy atom. The summed E-state index contributed by atoms with van der Waals surface area (Å²) in [5.74, 6) is -3.04. The van der Waals surface area contributed by atoms with Gasteiger partial charge in [-0.25, -0.2) is 9.37 Å². The van der Waals surface area contributed by atoms with Crippen molar-refractivity contribution in [3.05, 3.63) is 82.9 Å². The summed E-state index contributed by atoms with van der Waals surface area (Å²) in [6.07, 6.45) is -4.70. The molecule has 0 spiro atoms. The number of rotatable bonds is 5. The van der Waals surface area contributed by atoms with Crippen molar-refractivity contribution < 1.29 is 37.0 Å². The number of benzene rings is 3. The van der Waals surface area contributed by atoms with E-state index in [0.717, 1.165) is 10.5 Å². The molecule has 2 atom stereocenters. The summed E-state index contributed by atoms with van der Waals surface area (Å²) in [6.45, 7) is 1.86. The van der Waals surface area contributed by atoms with Gasteiger partial charge in [-0.3, -0.25) is 19.1 Å². The first-order valence-electron chi connectivity index (χ1n) is 12.7. The van der Waals surface area contributed by atoms with Crippen molar-refractivity contribution in [3.8, 4) is 11.4 Å². The van der Waals surface area contributed by atoms with E-state index >= 15 is 0 Å². The van der Waals surface area contributed by atoms with E-state index in [1.165, 1.54) is 30.3 Å². The van der Waals surface area contributed by atoms with Gasteiger partial charge in [0, 0.05) is 29.3 Å². The Morgan fingerprint density at radius 2 is 1.93 bits per heavy atom. The van der Waals surface area contributed by atoms with Crippen LogP contribution in [0.3, 0.4) is 0 Å². The molecule has 0 fully saturated rings. The van der Waals surface area contributed by atoms with Crippen LogP contribution in [0, 0.1) is 12.7 Å². The van der Waals surface area contributed by atoms with Crippen LogP contribution < -0.4 is 9.64 Å². The van der Waals surface area contributed by atoms with Crippen molar-refractivity contribution in [3.63, 3.8) is 0 Å². The van der Waals surface area contributed by atoms with E-state index in [2.05, 4.69) is 4.98 Å². The minimum Gasteiger partial charge on any atom is -0.493 e. The van der Waals surface area contributed by atoms with Crippen molar-refractivity contribution in [1.29, 1.82) is 0 Å². The Bertz CT molecular complexity index is 1680. The molecule has 40 heavy (non-hydrogen) atoms. The SMILES string of the molecule is Cc1nc2ccc(F)cc2n1-c1cccc2c1CCC2N(C(=O)C(F)(F)F)c1ccc2c(c1)OC[C@H]2CC(=O)O. The highest BCUT2D eigenvalue weighted by atomic mass is 19.4. The van der Waals surface area contributed by atoms with Crippen LogP contribution in [0.4, 0.5) is 23.2 Å². The molecule has 7 nitrogen and oxygen atoms in total. The Morgan fingerprint density at radius 3 is 2.67 bits per heavy atom. The van der Waals surface area contributed by atoms with Crippen LogP contribution in [-0.2, 0) is 16.0 Å². The smallest absolute Gasteiger partial charge is 0.471 e. The van der Waals surface area contributed by atoms with Gasteiger partial charge in [-0.1, -0.05) is 18.2 Å². The van der Waals surface area contributed by atoms with E-state index < -0.39 is 35.8 Å². The topological polar surface area (TPSA) is 84.7 Å². The number of alkyl halides is 3. The van der Waals surface area contributed by atoms with Gasteiger partial charge in [0.2, 0.25) is 0 Å². The molecular formula is C29H23F4N3O4. The molecule has 1 unspecified atom stereocenters. The van der Waals surface area contributed by atoms with Crippen molar-refractivity contribution in [2.45, 2.75) is 44.3 Å². The monoisotopic (exact) mass is 553 g/mol. The van der Waals surface area contributed by atoms with Crippen molar-refractivity contribution >= 4 is 28.6 Å². The molecule has 0 saturated heterocycles. The molecule has 11 heteroatoms. The first kappa shape index (κ1) is 25.8. The van der Waals surface area contributed by atoms with Gasteiger partial charge in [-0.15, -0.1) is 0 Å². The van der Waals surface area contributed by atoms with Crippen molar-refractivity contribution in [2.75, 3.05) is 11.5 Å². The number of aliphatic carboxylic acids is 1. The highest BCUT2D eigenvalue weighted by Gasteiger charge is 2.47. The van der Waals surface area contributed by atoms with Crippen LogP contribution >= 0.6 is 0 Å². The Labute approximate surface area is 225 Å². The van der Waals surface area contributed by atoms with Gasteiger partial charge in [-0.2, -0.15) is 13.2 Å². The summed E-state index contributed by atoms with van der Waals surface area (Å²) in [5, 5.41) is 9.16. The lowest BCUT2D eigenvalue weighted by atomic mass is 9.97. The number of hydrogen-bond acceptors (Lipinski definition) is 4. The van der Waals surface area contributed by atoms with E-state index in [1.807, 2.05) is 6.07 Å². The number of carboxylic acid groups (broad SMARTS) is 1. The van der Waals surface area contributed by atoms with Crippen LogP contribution in [0.1, 0.15) is 47.3 Å². The van der Waals surface area contributed by atoms with E-state index in [1.54, 1.807) is 29.7 Å². The lowest BCUT2D eigenvalue weighted by molar-refractivity contribution is -0.171. The Kier molecular flexibility index (Phi) is 6.04. The van der Waals surface area contributed by atoms with Crippen molar-refractivity contribution in [2.24, 2.45) is 0 Å². The van der Waals surface area contributed by atoms with E-state index in [4.69, 9.17) is 9.84 Å². The summed E-state index contributed by atoms with van der Waals surface area (Å²) >= 11 is 0. The molecule has 1 aromatic heterocycles. The minimum atomic E-state index is -5.14. The van der Waals surface area contributed by atoms with Gasteiger partial charge in [-0.05, 0) is 55.2 Å². The molecule has 1 aliphatic heterocycles. The highest BCUT2D eigenvalue weighted by molar-refractivity contribution is 5.98. The molecule has 1 N–H and O–H groups in total. The molecule has 2 heterocycles. The van der Waals surface area contributed by atoms with Crippen molar-refractivity contribution in [1.82, 2.24) is 9.55 Å². The maximum atomic E-state index is 14.1. The standard InChI is InChI=1S/C29H23F4N3O4/c1-15-34-22-9-5-17(30)12-25(22)35(15)23-4-2-3-20-21(23)8-10-24(20)36(28(39)29(31,32)33)18-6-7-19-16(11-27(37)38)14-40-26(19)13-18/h2-7,9,12-13,16,24H,8,10-11,14H2,1H3,(H,37,38)/t16-,24?/m1/s1. The third kappa shape index (κ3) is 4.25. The number of amides is 1. The number of carboxylic acids is 1. The number of halogens is 4. The fourth-order valence-corrected chi connectivity index (χ4v) is 5.93. The number of imidazole rings is 1. The Hall–Kier alpha value is -4.41. The number of anilines is 1. The minimum absolute atomic E-state index is 0.00614. The molecule has 3 aromatic carbocycles. The number of fused-ring (bicyclic) bond motifs is 3. The lowest BCUT2D eigenvalue weighted by Crippen LogP contribution is -2.43. The molecule has 1 amide bonds. The number of aromatic nitrogens is 2. The number of ether oxygens (including phenoxy) is 1. The van der Waals surface area contributed by atoms with E-state index in [9.17, 15) is 27.2 Å². The maximum absolute atomic E-state index is 14.1. The van der Waals surface area contributed by atoms with Crippen LogP contribution in [0.25, 0.3) is 16.7 Å². The first-order valence-corrected chi connectivity index (χ1v) is 12.7. The molecule has 206 valence electrons. The maximum Gasteiger partial charge on any atom is 0.471 e. The van der Waals surface area contributed by atoms with E-state index in [0.29, 0.717) is 40.1 Å². The molecule has 0 radical (unpaired) electrons. The normalized spacial score (nSPS) is 17.9. The average molecular weight is 554 g/mol. The van der Waals surface area contributed by atoms with Gasteiger partial charge >= 0.3 is 18.1 Å². The van der Waals surface area contributed by atoms with Crippen LogP contribution in [0.15, 0.2) is 54.6 Å². The summed E-state index contributed by atoms with van der Waals surface area (Å²) < 4.78 is 63.3. The Balaban J connectivity index is 1.45. The fraction of sp³-hybridized carbons (Fsp3) is 0.276. The summed E-state index contributed by atoms with van der Waals surface area (Å²) in [6, 6.07) is 12.9. The van der Waals surface area contributed by atoms with Crippen LogP contribution in [-0.4, -0.2) is 39.3 Å². The first-order chi connectivity index (χ1) is 19.0. The molecule has 6 rings (SSSR count). The summed E-state index contributed by atoms with van der Waals surface area (Å²) in [5.41, 5.74) is 3.67. The second kappa shape index (κ2) is 9.35. The van der Waals surface area contributed by atoms with Gasteiger partial charge in [0.05, 0.1) is 35.8 Å². The van der Waals surface area contributed by atoms with Gasteiger partial charge in [0.1, 0.15) is 17.4 Å². The van der Waals surface area contributed by atoms with Gasteiger partial charge < -0.3 is 9.84 Å².